The lowest BCUT2D eigenvalue weighted by Gasteiger charge is -2.21. The van der Waals surface area contributed by atoms with Crippen LogP contribution in [0.25, 0.3) is 0 Å². The molecule has 0 unspecified atom stereocenters. The van der Waals surface area contributed by atoms with Crippen molar-refractivity contribution in [2.75, 3.05) is 32.9 Å². The largest absolute Gasteiger partial charge is 0.396 e. The van der Waals surface area contributed by atoms with Crippen LogP contribution >= 0.6 is 0 Å². The van der Waals surface area contributed by atoms with Gasteiger partial charge < -0.3 is 10.2 Å². The Kier molecular flexibility index (Phi) is 13.5. The highest BCUT2D eigenvalue weighted by Gasteiger charge is 2.24. The fourth-order valence-electron chi connectivity index (χ4n) is 2.88. The van der Waals surface area contributed by atoms with E-state index in [1.165, 1.54) is 16.4 Å². The van der Waals surface area contributed by atoms with Gasteiger partial charge in [-0.05, 0) is 63.8 Å². The molecular weight excluding hydrogens is 478 g/mol. The quantitative estimate of drug-likeness (QED) is 0.310. The molecule has 2 aromatic rings. The van der Waals surface area contributed by atoms with Crippen molar-refractivity contribution in [2.24, 2.45) is 0 Å². The topological polar surface area (TPSA) is 121 Å². The predicted molar refractivity (Wildman–Crippen MR) is 133 cm³/mol. The molecule has 0 aliphatic carbocycles. The number of sulfonamides is 1. The predicted octanol–water partition coefficient (Wildman–Crippen LogP) is 3.25. The van der Waals surface area contributed by atoms with Crippen LogP contribution in [0, 0.1) is 13.8 Å². The molecule has 34 heavy (non-hydrogen) atoms. The molecule has 0 saturated carbocycles. The number of hydrogen-bond acceptors (Lipinski definition) is 7. The molecular formula is C24H37NO7S2. The standard InChI is InChI=1S/C19H25NO5S2.C5H12O2/c1-4-13-20(26(21,22)18-9-5-16(2)6-10-18)14-15-25-27(23,24)19-11-7-17(3)8-12-19;6-4-2-1-3-5-7/h5-12H,4,13-15H2,1-3H3;6-7H,1-5H2. The molecule has 0 radical (unpaired) electrons. The normalized spacial score (nSPS) is 11.8. The van der Waals surface area contributed by atoms with Gasteiger partial charge in [-0.25, -0.2) is 8.42 Å². The van der Waals surface area contributed by atoms with E-state index < -0.39 is 20.1 Å². The van der Waals surface area contributed by atoms with Crippen LogP contribution in [0.15, 0.2) is 58.3 Å². The highest BCUT2D eigenvalue weighted by molar-refractivity contribution is 7.89. The van der Waals surface area contributed by atoms with E-state index in [-0.39, 0.29) is 42.7 Å². The van der Waals surface area contributed by atoms with Crippen LogP contribution in [0.2, 0.25) is 0 Å². The average Bonchev–Trinajstić information content (AvgIpc) is 2.80. The molecule has 0 atom stereocenters. The van der Waals surface area contributed by atoms with Gasteiger partial charge in [0.2, 0.25) is 10.0 Å². The van der Waals surface area contributed by atoms with Crippen molar-refractivity contribution in [3.63, 3.8) is 0 Å². The molecule has 8 nitrogen and oxygen atoms in total. The third-order valence-corrected chi connectivity index (χ3v) is 8.08. The number of aliphatic hydroxyl groups is 2. The molecule has 0 bridgehead atoms. The van der Waals surface area contributed by atoms with Gasteiger partial charge in [-0.1, -0.05) is 42.3 Å². The van der Waals surface area contributed by atoms with Gasteiger partial charge in [0, 0.05) is 26.3 Å². The van der Waals surface area contributed by atoms with Crippen molar-refractivity contribution in [3.05, 3.63) is 59.7 Å². The second-order valence-corrected chi connectivity index (χ2v) is 11.4. The number of hydrogen-bond donors (Lipinski definition) is 2. The third kappa shape index (κ3) is 10.2. The summed E-state index contributed by atoms with van der Waals surface area (Å²) in [7, 11) is -7.63. The van der Waals surface area contributed by atoms with Crippen molar-refractivity contribution in [3.8, 4) is 0 Å². The first-order valence-corrected chi connectivity index (χ1v) is 14.2. The van der Waals surface area contributed by atoms with Crippen molar-refractivity contribution >= 4 is 20.1 Å². The molecule has 0 fully saturated rings. The summed E-state index contributed by atoms with van der Waals surface area (Å²) in [5.74, 6) is 0. The maximum absolute atomic E-state index is 12.8. The van der Waals surface area contributed by atoms with E-state index >= 15 is 0 Å². The van der Waals surface area contributed by atoms with Crippen LogP contribution in [0.5, 0.6) is 0 Å². The minimum Gasteiger partial charge on any atom is -0.396 e. The zero-order chi connectivity index (χ0) is 25.6. The number of unbranched alkanes of at least 4 members (excludes halogenated alkanes) is 2. The van der Waals surface area contributed by atoms with Gasteiger partial charge in [0.15, 0.2) is 0 Å². The molecule has 2 N–H and O–H groups in total. The van der Waals surface area contributed by atoms with Crippen LogP contribution in [0.1, 0.15) is 43.7 Å². The van der Waals surface area contributed by atoms with Crippen LogP contribution < -0.4 is 0 Å². The molecule has 0 saturated heterocycles. The minimum absolute atomic E-state index is 0.0465. The van der Waals surface area contributed by atoms with Gasteiger partial charge in [0.1, 0.15) is 0 Å². The smallest absolute Gasteiger partial charge is 0.297 e. The summed E-state index contributed by atoms with van der Waals surface area (Å²) in [5, 5.41) is 16.4. The van der Waals surface area contributed by atoms with Crippen LogP contribution in [0.4, 0.5) is 0 Å². The van der Waals surface area contributed by atoms with E-state index in [9.17, 15) is 16.8 Å². The number of nitrogens with zero attached hydrogens (tertiary/aromatic N) is 1. The molecule has 0 aliphatic rings. The summed E-state index contributed by atoms with van der Waals surface area (Å²) >= 11 is 0. The minimum atomic E-state index is -3.92. The van der Waals surface area contributed by atoms with Crippen molar-refractivity contribution in [2.45, 2.75) is 56.2 Å². The van der Waals surface area contributed by atoms with E-state index in [0.717, 1.165) is 30.4 Å². The highest BCUT2D eigenvalue weighted by atomic mass is 32.2. The van der Waals surface area contributed by atoms with Crippen LogP contribution in [-0.2, 0) is 24.3 Å². The van der Waals surface area contributed by atoms with Gasteiger partial charge in [-0.15, -0.1) is 0 Å². The Balaban J connectivity index is 0.000000718. The first-order chi connectivity index (χ1) is 16.1. The Morgan fingerprint density at radius 1 is 0.735 bits per heavy atom. The maximum atomic E-state index is 12.8. The summed E-state index contributed by atoms with van der Waals surface area (Å²) in [4.78, 5) is 0.236. The SMILES string of the molecule is CCCN(CCOS(=O)(=O)c1ccc(C)cc1)S(=O)(=O)c1ccc(C)cc1.OCCCCCO. The molecule has 0 spiro atoms. The number of rotatable bonds is 13. The lowest BCUT2D eigenvalue weighted by molar-refractivity contribution is 0.257. The van der Waals surface area contributed by atoms with Gasteiger partial charge in [-0.3, -0.25) is 4.18 Å². The van der Waals surface area contributed by atoms with Crippen LogP contribution in [-0.4, -0.2) is 64.3 Å². The Morgan fingerprint density at radius 3 is 1.65 bits per heavy atom. The third-order valence-electron chi connectivity index (χ3n) is 4.84. The summed E-state index contributed by atoms with van der Waals surface area (Å²) in [6.07, 6.45) is 3.18. The molecule has 0 amide bonds. The van der Waals surface area contributed by atoms with Gasteiger partial charge in [0.25, 0.3) is 10.1 Å². The van der Waals surface area contributed by atoms with Gasteiger partial charge in [-0.2, -0.15) is 12.7 Å². The molecule has 0 heterocycles. The van der Waals surface area contributed by atoms with Gasteiger partial charge in [0.05, 0.1) is 16.4 Å². The molecule has 2 aromatic carbocycles. The Hall–Kier alpha value is -1.82. The Morgan fingerprint density at radius 2 is 1.21 bits per heavy atom. The fraction of sp³-hybridized carbons (Fsp3) is 0.500. The zero-order valence-corrected chi connectivity index (χ0v) is 21.8. The zero-order valence-electron chi connectivity index (χ0n) is 20.2. The molecule has 192 valence electrons. The average molecular weight is 516 g/mol. The summed E-state index contributed by atoms with van der Waals surface area (Å²) in [5.41, 5.74) is 1.90. The van der Waals surface area contributed by atoms with Crippen LogP contribution in [0.3, 0.4) is 0 Å². The van der Waals surface area contributed by atoms with Crippen molar-refractivity contribution in [1.29, 1.82) is 0 Å². The molecule has 10 heteroatoms. The van der Waals surface area contributed by atoms with E-state index in [0.29, 0.717) is 6.42 Å². The van der Waals surface area contributed by atoms with E-state index in [4.69, 9.17) is 14.4 Å². The summed E-state index contributed by atoms with van der Waals surface area (Å²) in [6, 6.07) is 12.9. The number of aryl methyl sites for hydroxylation is 2. The monoisotopic (exact) mass is 515 g/mol. The second-order valence-electron chi connectivity index (χ2n) is 7.81. The second kappa shape index (κ2) is 15.2. The molecule has 0 aromatic heterocycles. The molecule has 0 aliphatic heterocycles. The highest BCUT2D eigenvalue weighted by Crippen LogP contribution is 2.18. The molecule has 2 rings (SSSR count). The van der Waals surface area contributed by atoms with Crippen molar-refractivity contribution in [1.82, 2.24) is 4.31 Å². The maximum Gasteiger partial charge on any atom is 0.297 e. The summed E-state index contributed by atoms with van der Waals surface area (Å²) < 4.78 is 56.4. The Bertz CT molecular complexity index is 1030. The lowest BCUT2D eigenvalue weighted by Crippen LogP contribution is -2.35. The number of aliphatic hydroxyl groups excluding tert-OH is 2. The van der Waals surface area contributed by atoms with E-state index in [1.807, 2.05) is 20.8 Å². The Labute approximate surface area is 204 Å². The first kappa shape index (κ1) is 30.2. The fourth-order valence-corrected chi connectivity index (χ4v) is 5.30. The first-order valence-electron chi connectivity index (χ1n) is 11.3. The lowest BCUT2D eigenvalue weighted by atomic mass is 10.2. The number of benzene rings is 2. The van der Waals surface area contributed by atoms with E-state index in [1.54, 1.807) is 36.4 Å². The van der Waals surface area contributed by atoms with E-state index in [2.05, 4.69) is 0 Å². The summed E-state index contributed by atoms with van der Waals surface area (Å²) in [6.45, 7) is 6.09. The van der Waals surface area contributed by atoms with Gasteiger partial charge >= 0.3 is 0 Å². The van der Waals surface area contributed by atoms with Crippen molar-refractivity contribution < 1.29 is 31.2 Å².